The molecule has 0 aliphatic carbocycles. The normalized spacial score (nSPS) is 17.0. The lowest BCUT2D eigenvalue weighted by Gasteiger charge is -2.32. The molecule has 0 fully saturated rings. The molecule has 0 saturated carbocycles. The van der Waals surface area contributed by atoms with Gasteiger partial charge in [-0.05, 0) is 73.5 Å². The Morgan fingerprint density at radius 2 is 1.89 bits per heavy atom. The van der Waals surface area contributed by atoms with Crippen molar-refractivity contribution in [1.29, 1.82) is 0 Å². The Morgan fingerprint density at radius 1 is 1.08 bits per heavy atom. The highest BCUT2D eigenvalue weighted by atomic mass is 35.5. The standard InChI is InChI=1S/C29H29ClN4O2S/c1-18-23(30)6-4-7-24(18)31-29(35)34-16-22-21-13-15-32(2)17-26(21)37-28(22)33-14-5-8-25(33)27(34)19-9-11-20(36-3)12-10-19/h4-12,14,27H,13,15-17H2,1-3H3,(H,31,35). The summed E-state index contributed by atoms with van der Waals surface area (Å²) in [7, 11) is 3.83. The maximum atomic E-state index is 14.1. The fourth-order valence-electron chi connectivity index (χ4n) is 5.42. The van der Waals surface area contributed by atoms with E-state index in [2.05, 4.69) is 52.3 Å². The highest BCUT2D eigenvalue weighted by molar-refractivity contribution is 7.15. The molecule has 4 aromatic rings. The quantitative estimate of drug-likeness (QED) is 0.322. The molecule has 4 heterocycles. The second kappa shape index (κ2) is 9.56. The summed E-state index contributed by atoms with van der Waals surface area (Å²) in [5, 5.41) is 5.02. The van der Waals surface area contributed by atoms with Gasteiger partial charge in [0.25, 0.3) is 0 Å². The predicted molar refractivity (Wildman–Crippen MR) is 149 cm³/mol. The molecule has 2 aliphatic rings. The third-order valence-corrected chi connectivity index (χ3v) is 9.12. The summed E-state index contributed by atoms with van der Waals surface area (Å²) < 4.78 is 7.69. The van der Waals surface area contributed by atoms with Crippen molar-refractivity contribution in [2.75, 3.05) is 26.0 Å². The number of hydrogen-bond donors (Lipinski definition) is 1. The maximum Gasteiger partial charge on any atom is 0.322 e. The van der Waals surface area contributed by atoms with Crippen molar-refractivity contribution < 1.29 is 9.53 Å². The summed E-state index contributed by atoms with van der Waals surface area (Å²) in [4.78, 5) is 19.8. The SMILES string of the molecule is COc1ccc(C2c3cccn3-c3sc4c(c3CN2C(=O)Nc2cccc(Cl)c2C)CCN(C)C4)cc1. The Balaban J connectivity index is 1.49. The molecular weight excluding hydrogens is 504 g/mol. The van der Waals surface area contributed by atoms with Crippen LogP contribution in [-0.4, -0.2) is 41.1 Å². The van der Waals surface area contributed by atoms with Crippen molar-refractivity contribution in [1.82, 2.24) is 14.4 Å². The van der Waals surface area contributed by atoms with E-state index in [0.29, 0.717) is 11.6 Å². The van der Waals surface area contributed by atoms with Gasteiger partial charge in [-0.25, -0.2) is 4.79 Å². The first-order valence-electron chi connectivity index (χ1n) is 12.4. The molecular formula is C29H29ClN4O2S. The lowest BCUT2D eigenvalue weighted by molar-refractivity contribution is 0.194. The first-order chi connectivity index (χ1) is 17.9. The van der Waals surface area contributed by atoms with Gasteiger partial charge in [0.05, 0.1) is 25.4 Å². The molecule has 1 N–H and O–H groups in total. The third kappa shape index (κ3) is 4.21. The number of thiophene rings is 1. The van der Waals surface area contributed by atoms with Gasteiger partial charge in [-0.3, -0.25) is 0 Å². The van der Waals surface area contributed by atoms with Gasteiger partial charge >= 0.3 is 6.03 Å². The van der Waals surface area contributed by atoms with Crippen LogP contribution in [0.15, 0.2) is 60.8 Å². The summed E-state index contributed by atoms with van der Waals surface area (Å²) >= 11 is 8.23. The number of anilines is 1. The molecule has 2 aromatic heterocycles. The number of nitrogens with zero attached hydrogens (tertiary/aromatic N) is 3. The molecule has 37 heavy (non-hydrogen) atoms. The number of halogens is 1. The minimum atomic E-state index is -0.276. The molecule has 2 amide bonds. The topological polar surface area (TPSA) is 49.7 Å². The number of likely N-dealkylation sites (N-methyl/N-ethyl adjacent to an activating group) is 1. The van der Waals surface area contributed by atoms with Crippen LogP contribution in [0.3, 0.4) is 0 Å². The van der Waals surface area contributed by atoms with Crippen LogP contribution in [0, 0.1) is 6.92 Å². The van der Waals surface area contributed by atoms with Crippen LogP contribution in [0.25, 0.3) is 5.00 Å². The van der Waals surface area contributed by atoms with Crippen LogP contribution < -0.4 is 10.1 Å². The smallest absolute Gasteiger partial charge is 0.322 e. The average Bonchev–Trinajstić information content (AvgIpc) is 3.48. The van der Waals surface area contributed by atoms with Crippen molar-refractivity contribution in [3.05, 3.63) is 98.6 Å². The number of nitrogens with one attached hydrogen (secondary N) is 1. The molecule has 8 heteroatoms. The van der Waals surface area contributed by atoms with E-state index in [1.807, 2.05) is 53.5 Å². The summed E-state index contributed by atoms with van der Waals surface area (Å²) in [5.41, 5.74) is 6.31. The van der Waals surface area contributed by atoms with Gasteiger partial charge in [0.2, 0.25) is 0 Å². The number of benzene rings is 2. The number of urea groups is 1. The first-order valence-corrected chi connectivity index (χ1v) is 13.6. The van der Waals surface area contributed by atoms with Gasteiger partial charge in [0, 0.05) is 40.4 Å². The molecule has 0 radical (unpaired) electrons. The van der Waals surface area contributed by atoms with E-state index in [4.69, 9.17) is 16.3 Å². The van der Waals surface area contributed by atoms with E-state index in [1.54, 1.807) is 7.11 Å². The number of carbonyl (C=O) groups is 1. The van der Waals surface area contributed by atoms with Gasteiger partial charge in [0.1, 0.15) is 10.8 Å². The second-order valence-electron chi connectivity index (χ2n) is 9.72. The molecule has 6 rings (SSSR count). The van der Waals surface area contributed by atoms with Crippen LogP contribution in [-0.2, 0) is 19.5 Å². The van der Waals surface area contributed by atoms with E-state index in [0.717, 1.165) is 47.8 Å². The van der Waals surface area contributed by atoms with Crippen LogP contribution in [0.4, 0.5) is 10.5 Å². The summed E-state index contributed by atoms with van der Waals surface area (Å²) in [6.07, 6.45) is 3.11. The van der Waals surface area contributed by atoms with Crippen LogP contribution in [0.1, 0.15) is 38.9 Å². The zero-order chi connectivity index (χ0) is 25.7. The van der Waals surface area contributed by atoms with Gasteiger partial charge in [0.15, 0.2) is 0 Å². The van der Waals surface area contributed by atoms with Crippen LogP contribution in [0.5, 0.6) is 5.75 Å². The molecule has 2 aliphatic heterocycles. The lowest BCUT2D eigenvalue weighted by Crippen LogP contribution is -2.38. The minimum absolute atomic E-state index is 0.153. The van der Waals surface area contributed by atoms with Crippen molar-refractivity contribution in [2.45, 2.75) is 32.5 Å². The molecule has 0 saturated heterocycles. The zero-order valence-electron chi connectivity index (χ0n) is 21.1. The Labute approximate surface area is 226 Å². The zero-order valence-corrected chi connectivity index (χ0v) is 22.7. The number of carbonyl (C=O) groups excluding carboxylic acids is 1. The molecule has 190 valence electrons. The Kier molecular flexibility index (Phi) is 6.23. The van der Waals surface area contributed by atoms with Crippen molar-refractivity contribution in [3.8, 4) is 10.8 Å². The van der Waals surface area contributed by atoms with Gasteiger partial charge in [-0.1, -0.05) is 29.8 Å². The second-order valence-corrected chi connectivity index (χ2v) is 11.2. The summed E-state index contributed by atoms with van der Waals surface area (Å²) in [6, 6.07) is 17.4. The number of fused-ring (bicyclic) bond motifs is 5. The number of amides is 2. The monoisotopic (exact) mass is 532 g/mol. The Hall–Kier alpha value is -3.26. The third-order valence-electron chi connectivity index (χ3n) is 7.46. The molecule has 1 unspecified atom stereocenters. The van der Waals surface area contributed by atoms with Gasteiger partial charge < -0.3 is 24.4 Å². The molecule has 2 aromatic carbocycles. The maximum absolute atomic E-state index is 14.1. The number of aromatic nitrogens is 1. The molecule has 0 spiro atoms. The Bertz CT molecular complexity index is 1480. The fourth-order valence-corrected chi connectivity index (χ4v) is 7.04. The van der Waals surface area contributed by atoms with E-state index in [1.165, 1.54) is 21.0 Å². The summed E-state index contributed by atoms with van der Waals surface area (Å²) in [5.74, 6) is 0.788. The fraction of sp³-hybridized carbons (Fsp3) is 0.276. The van der Waals surface area contributed by atoms with Gasteiger partial charge in [-0.15, -0.1) is 11.3 Å². The van der Waals surface area contributed by atoms with Crippen molar-refractivity contribution >= 4 is 34.7 Å². The van der Waals surface area contributed by atoms with Crippen molar-refractivity contribution in [2.24, 2.45) is 0 Å². The summed E-state index contributed by atoms with van der Waals surface area (Å²) in [6.45, 7) is 4.41. The first kappa shape index (κ1) is 24.1. The van der Waals surface area contributed by atoms with E-state index >= 15 is 0 Å². The number of rotatable bonds is 3. The minimum Gasteiger partial charge on any atom is -0.497 e. The van der Waals surface area contributed by atoms with Crippen LogP contribution >= 0.6 is 22.9 Å². The van der Waals surface area contributed by atoms with E-state index < -0.39 is 0 Å². The largest absolute Gasteiger partial charge is 0.497 e. The highest BCUT2D eigenvalue weighted by Gasteiger charge is 2.36. The van der Waals surface area contributed by atoms with Gasteiger partial charge in [-0.2, -0.15) is 0 Å². The number of hydrogen-bond acceptors (Lipinski definition) is 4. The van der Waals surface area contributed by atoms with Crippen molar-refractivity contribution in [3.63, 3.8) is 0 Å². The molecule has 6 nitrogen and oxygen atoms in total. The van der Waals surface area contributed by atoms with E-state index in [9.17, 15) is 4.79 Å². The Morgan fingerprint density at radius 3 is 2.68 bits per heavy atom. The number of ether oxygens (including phenoxy) is 1. The molecule has 0 bridgehead atoms. The molecule has 1 atom stereocenters. The lowest BCUT2D eigenvalue weighted by atomic mass is 10.00. The van der Waals surface area contributed by atoms with E-state index in [-0.39, 0.29) is 12.1 Å². The van der Waals surface area contributed by atoms with Crippen LogP contribution in [0.2, 0.25) is 5.02 Å². The predicted octanol–water partition coefficient (Wildman–Crippen LogP) is 6.63. The highest BCUT2D eigenvalue weighted by Crippen LogP contribution is 2.44. The number of methoxy groups -OCH3 is 1. The average molecular weight is 533 g/mol.